The van der Waals surface area contributed by atoms with E-state index in [4.69, 9.17) is 14.5 Å². The molecule has 0 spiro atoms. The Morgan fingerprint density at radius 2 is 1.89 bits per heavy atom. The summed E-state index contributed by atoms with van der Waals surface area (Å²) in [4.78, 5) is 28.3. The first-order valence-corrected chi connectivity index (χ1v) is 15.4. The zero-order valence-corrected chi connectivity index (χ0v) is 26.5. The van der Waals surface area contributed by atoms with Crippen LogP contribution in [0.5, 0.6) is 11.6 Å². The molecule has 9 heteroatoms. The lowest BCUT2D eigenvalue weighted by Crippen LogP contribution is -2.47. The van der Waals surface area contributed by atoms with Crippen LogP contribution in [0.25, 0.3) is 22.0 Å². The summed E-state index contributed by atoms with van der Waals surface area (Å²) in [6.45, 7) is 12.7. The highest BCUT2D eigenvalue weighted by molar-refractivity contribution is 5.92. The molecule has 9 nitrogen and oxygen atoms in total. The summed E-state index contributed by atoms with van der Waals surface area (Å²) < 4.78 is 12.2. The van der Waals surface area contributed by atoms with Gasteiger partial charge in [0.05, 0.1) is 17.4 Å². The van der Waals surface area contributed by atoms with E-state index in [9.17, 15) is 9.90 Å². The predicted molar refractivity (Wildman–Crippen MR) is 173 cm³/mol. The number of nitrogens with zero attached hydrogens (tertiary/aromatic N) is 4. The lowest BCUT2D eigenvalue weighted by molar-refractivity contribution is 0.0206. The minimum absolute atomic E-state index is 0.000190. The number of carbonyl (C=O) groups is 1. The summed E-state index contributed by atoms with van der Waals surface area (Å²) >= 11 is 0. The zero-order valence-electron chi connectivity index (χ0n) is 26.5. The summed E-state index contributed by atoms with van der Waals surface area (Å²) in [6, 6.07) is 16.0. The van der Waals surface area contributed by atoms with Crippen LogP contribution in [0.3, 0.4) is 0 Å². The van der Waals surface area contributed by atoms with Gasteiger partial charge in [-0.1, -0.05) is 37.3 Å². The zero-order chi connectivity index (χ0) is 31.4. The summed E-state index contributed by atoms with van der Waals surface area (Å²) in [6.07, 6.45) is 5.26. The maximum Gasteiger partial charge on any atom is 0.410 e. The molecule has 2 aromatic heterocycles. The molecule has 0 aliphatic carbocycles. The van der Waals surface area contributed by atoms with Crippen LogP contribution in [0.4, 0.5) is 10.7 Å². The molecule has 0 unspecified atom stereocenters. The number of benzene rings is 2. The Balaban J connectivity index is 1.39. The number of fused-ring (bicyclic) bond motifs is 1. The summed E-state index contributed by atoms with van der Waals surface area (Å²) in [7, 11) is 0. The first kappa shape index (κ1) is 31.2. The number of aliphatic hydroxyl groups excluding tert-OH is 1. The number of pyridine rings is 1. The predicted octanol–water partition coefficient (Wildman–Crippen LogP) is 7.16. The van der Waals surface area contributed by atoms with E-state index in [1.807, 2.05) is 58.9 Å². The van der Waals surface area contributed by atoms with E-state index in [1.54, 1.807) is 17.3 Å². The maximum absolute atomic E-state index is 12.7. The highest BCUT2D eigenvalue weighted by atomic mass is 16.6. The normalized spacial score (nSPS) is 16.8. The van der Waals surface area contributed by atoms with Crippen LogP contribution in [0.1, 0.15) is 58.6 Å². The van der Waals surface area contributed by atoms with E-state index >= 15 is 0 Å². The van der Waals surface area contributed by atoms with Gasteiger partial charge >= 0.3 is 6.09 Å². The number of nitrogens with one attached hydrogen (secondary N) is 1. The van der Waals surface area contributed by atoms with Crippen molar-refractivity contribution in [1.29, 1.82) is 0 Å². The first-order valence-electron chi connectivity index (χ1n) is 15.4. The number of likely N-dealkylation sites (tertiary alicyclic amines) is 1. The second-order valence-electron chi connectivity index (χ2n) is 12.8. The van der Waals surface area contributed by atoms with E-state index in [-0.39, 0.29) is 18.1 Å². The van der Waals surface area contributed by atoms with Crippen molar-refractivity contribution >= 4 is 22.8 Å². The number of amides is 1. The third-order valence-corrected chi connectivity index (χ3v) is 7.97. The van der Waals surface area contributed by atoms with E-state index < -0.39 is 11.7 Å². The number of piperidine rings is 1. The number of ether oxygens (including phenoxy) is 2. The third-order valence-electron chi connectivity index (χ3n) is 7.97. The molecule has 0 saturated carbocycles. The average Bonchev–Trinajstić information content (AvgIpc) is 2.98. The number of hydrogen-bond acceptors (Lipinski definition) is 8. The van der Waals surface area contributed by atoms with Crippen LogP contribution >= 0.6 is 0 Å². The van der Waals surface area contributed by atoms with Crippen LogP contribution in [0, 0.1) is 12.8 Å². The molecule has 0 bridgehead atoms. The van der Waals surface area contributed by atoms with Crippen molar-refractivity contribution in [3.63, 3.8) is 0 Å². The quantitative estimate of drug-likeness (QED) is 0.220. The largest absolute Gasteiger partial charge is 0.444 e. The highest BCUT2D eigenvalue weighted by Gasteiger charge is 2.28. The lowest BCUT2D eigenvalue weighted by atomic mass is 9.92. The molecule has 1 aliphatic heterocycles. The van der Waals surface area contributed by atoms with Gasteiger partial charge in [0.15, 0.2) is 0 Å². The van der Waals surface area contributed by atoms with Crippen molar-refractivity contribution in [2.24, 2.45) is 5.92 Å². The summed E-state index contributed by atoms with van der Waals surface area (Å²) in [5.74, 6) is 1.80. The molecule has 1 aliphatic rings. The monoisotopic (exact) mass is 597 g/mol. The van der Waals surface area contributed by atoms with Gasteiger partial charge in [-0.15, -0.1) is 0 Å². The van der Waals surface area contributed by atoms with Crippen molar-refractivity contribution in [1.82, 2.24) is 19.9 Å². The van der Waals surface area contributed by atoms with Gasteiger partial charge in [0.1, 0.15) is 11.4 Å². The topological polar surface area (TPSA) is 110 Å². The highest BCUT2D eigenvalue weighted by Crippen LogP contribution is 2.38. The Labute approximate surface area is 259 Å². The number of hydrogen-bond donors (Lipinski definition) is 2. The van der Waals surface area contributed by atoms with E-state index in [0.717, 1.165) is 46.9 Å². The Morgan fingerprint density at radius 1 is 1.07 bits per heavy atom. The summed E-state index contributed by atoms with van der Waals surface area (Å²) in [5.41, 5.74) is 3.04. The molecular weight excluding hydrogens is 554 g/mol. The van der Waals surface area contributed by atoms with E-state index in [2.05, 4.69) is 46.5 Å². The standard InChI is InChI=1S/C35H43N5O4/c1-22-14-15-27-25(20-23(2)24(3)41)10-7-12-28(27)31(22)43-32-29(13-8-17-36-32)30-16-18-37-33(39-30)38-26-11-9-19-40(21-26)34(42)44-35(4,5)6/h7-8,10,12-18,23-24,26,41H,9,11,19-21H2,1-6H3,(H,37,38,39)/t23-,24+,26-/m0/s1. The fourth-order valence-electron chi connectivity index (χ4n) is 5.45. The minimum atomic E-state index is -0.539. The van der Waals surface area contributed by atoms with E-state index in [1.165, 1.54) is 5.56 Å². The van der Waals surface area contributed by atoms with Gasteiger partial charge in [0.2, 0.25) is 11.8 Å². The van der Waals surface area contributed by atoms with Gasteiger partial charge in [-0.3, -0.25) is 0 Å². The fourth-order valence-corrected chi connectivity index (χ4v) is 5.45. The number of aliphatic hydroxyl groups is 1. The van der Waals surface area contributed by atoms with Gasteiger partial charge in [0, 0.05) is 36.9 Å². The molecule has 1 fully saturated rings. The average molecular weight is 598 g/mol. The molecule has 44 heavy (non-hydrogen) atoms. The molecule has 2 aromatic carbocycles. The number of aryl methyl sites for hydroxylation is 1. The smallest absolute Gasteiger partial charge is 0.410 e. The van der Waals surface area contributed by atoms with Crippen LogP contribution in [-0.2, 0) is 11.2 Å². The van der Waals surface area contributed by atoms with Gasteiger partial charge in [-0.05, 0) is 94.5 Å². The molecule has 1 saturated heterocycles. The minimum Gasteiger partial charge on any atom is -0.444 e. The SMILES string of the molecule is Cc1ccc2c(C[C@H](C)[C@@H](C)O)cccc2c1Oc1ncccc1-c1ccnc(N[C@H]2CCCN(C(=O)OC(C)(C)C)C2)n1. The van der Waals surface area contributed by atoms with Crippen molar-refractivity contribution in [2.45, 2.75) is 78.6 Å². The third kappa shape index (κ3) is 7.45. The van der Waals surface area contributed by atoms with Gasteiger partial charge in [-0.2, -0.15) is 0 Å². The molecular formula is C35H43N5O4. The molecule has 3 heterocycles. The molecule has 3 atom stereocenters. The van der Waals surface area contributed by atoms with Crippen molar-refractivity contribution in [3.8, 4) is 22.9 Å². The van der Waals surface area contributed by atoms with Crippen molar-refractivity contribution in [2.75, 3.05) is 18.4 Å². The number of carbonyl (C=O) groups excluding carboxylic acids is 1. The Morgan fingerprint density at radius 3 is 2.66 bits per heavy atom. The molecule has 1 amide bonds. The molecule has 0 radical (unpaired) electrons. The fraction of sp³-hybridized carbons (Fsp3) is 0.429. The van der Waals surface area contributed by atoms with Crippen molar-refractivity contribution < 1.29 is 19.4 Å². The molecule has 5 rings (SSSR count). The Kier molecular flexibility index (Phi) is 9.34. The Bertz CT molecular complexity index is 1620. The molecule has 2 N–H and O–H groups in total. The summed E-state index contributed by atoms with van der Waals surface area (Å²) in [5, 5.41) is 15.6. The number of anilines is 1. The van der Waals surface area contributed by atoms with Crippen LogP contribution in [-0.4, -0.2) is 61.9 Å². The van der Waals surface area contributed by atoms with Crippen molar-refractivity contribution in [3.05, 3.63) is 72.1 Å². The van der Waals surface area contributed by atoms with Gasteiger partial charge in [0.25, 0.3) is 0 Å². The van der Waals surface area contributed by atoms with Crippen LogP contribution < -0.4 is 10.1 Å². The van der Waals surface area contributed by atoms with E-state index in [0.29, 0.717) is 30.6 Å². The molecule has 232 valence electrons. The van der Waals surface area contributed by atoms with Gasteiger partial charge < -0.3 is 24.8 Å². The second kappa shape index (κ2) is 13.2. The first-order chi connectivity index (χ1) is 21.0. The Hall–Kier alpha value is -4.24. The van der Waals surface area contributed by atoms with Gasteiger partial charge in [-0.25, -0.2) is 19.7 Å². The maximum atomic E-state index is 12.7. The lowest BCUT2D eigenvalue weighted by Gasteiger charge is -2.34. The number of aromatic nitrogens is 3. The second-order valence-corrected chi connectivity index (χ2v) is 12.8. The number of rotatable bonds is 8. The van der Waals surface area contributed by atoms with Crippen LogP contribution in [0.15, 0.2) is 60.9 Å². The van der Waals surface area contributed by atoms with Crippen LogP contribution in [0.2, 0.25) is 0 Å². The molecule has 4 aromatic rings.